The van der Waals surface area contributed by atoms with Crippen LogP contribution >= 0.6 is 0 Å². The molecule has 214 valence electrons. The van der Waals surface area contributed by atoms with Gasteiger partial charge in [0.2, 0.25) is 17.7 Å². The van der Waals surface area contributed by atoms with Crippen LogP contribution in [-0.2, 0) is 28.8 Å². The number of aliphatic hydroxyl groups is 1. The molecule has 15 heteroatoms. The number of nitrogens with one attached hydrogen (secondary N) is 4. The van der Waals surface area contributed by atoms with Crippen molar-refractivity contribution in [2.45, 2.75) is 70.5 Å². The number of carbonyl (C=O) groups excluding carboxylic acids is 7. The molecule has 0 aromatic rings. The molecule has 3 atom stereocenters. The summed E-state index contributed by atoms with van der Waals surface area (Å²) in [5.74, 6) is -2.87. The summed E-state index contributed by atoms with van der Waals surface area (Å²) in [5, 5.41) is 19.1. The van der Waals surface area contributed by atoms with Crippen molar-refractivity contribution >= 4 is 49.1 Å². The van der Waals surface area contributed by atoms with Crippen LogP contribution < -0.4 is 27.0 Å². The number of aliphatic hydroxyl groups excluding tert-OH is 1. The zero-order chi connectivity index (χ0) is 29.5. The molecule has 2 radical (unpaired) electrons. The maximum atomic E-state index is 13.0. The van der Waals surface area contributed by atoms with E-state index in [0.717, 1.165) is 4.90 Å². The number of hydrogen-bond donors (Lipinski definition) is 6. The van der Waals surface area contributed by atoms with Crippen LogP contribution in [0.25, 0.3) is 0 Å². The Morgan fingerprint density at radius 3 is 2.08 bits per heavy atom. The molecule has 14 nitrogen and oxygen atoms in total. The molecule has 0 aromatic carbocycles. The molecule has 39 heavy (non-hydrogen) atoms. The first-order chi connectivity index (χ1) is 18.4. The van der Waals surface area contributed by atoms with Gasteiger partial charge < -0.3 is 36.9 Å². The lowest BCUT2D eigenvalue weighted by Gasteiger charge is -2.26. The number of rotatable bonds is 18. The minimum Gasteiger partial charge on any atom is -0.394 e. The predicted octanol–water partition coefficient (Wildman–Crippen LogP) is -2.28. The number of unbranched alkanes of at least 4 members (excludes halogenated alkanes) is 2. The van der Waals surface area contributed by atoms with Gasteiger partial charge in [0.25, 0.3) is 11.8 Å². The molecule has 0 aromatic heterocycles. The minimum absolute atomic E-state index is 0.0467. The van der Waals surface area contributed by atoms with E-state index < -0.39 is 48.3 Å². The zero-order valence-corrected chi connectivity index (χ0v) is 22.2. The predicted molar refractivity (Wildman–Crippen MR) is 140 cm³/mol. The van der Waals surface area contributed by atoms with Crippen molar-refractivity contribution in [1.29, 1.82) is 0 Å². The Balaban J connectivity index is 2.67. The van der Waals surface area contributed by atoms with Crippen molar-refractivity contribution < 1.29 is 38.7 Å². The first-order valence-corrected chi connectivity index (χ1v) is 12.7. The maximum Gasteiger partial charge on any atom is 0.312 e. The lowest BCUT2D eigenvalue weighted by atomic mass is 9.95. The second-order valence-corrected chi connectivity index (χ2v) is 9.40. The molecular formula is C24H37BN6O8. The molecule has 7 amide bonds. The van der Waals surface area contributed by atoms with Gasteiger partial charge in [-0.15, -0.1) is 0 Å². The highest BCUT2D eigenvalue weighted by Crippen LogP contribution is 2.09. The van der Waals surface area contributed by atoms with Gasteiger partial charge in [0, 0.05) is 31.7 Å². The Morgan fingerprint density at radius 2 is 1.54 bits per heavy atom. The lowest BCUT2D eigenvalue weighted by molar-refractivity contribution is -0.137. The fourth-order valence-electron chi connectivity index (χ4n) is 3.69. The summed E-state index contributed by atoms with van der Waals surface area (Å²) < 4.78 is 0. The average molecular weight is 548 g/mol. The number of nitrogens with zero attached hydrogens (tertiary/aromatic N) is 1. The smallest absolute Gasteiger partial charge is 0.312 e. The number of amides is 7. The SMILES string of the molecule is [B]C(=O)[C@@H](CO)NC(=O)[C@H](CCCNC(N)=O)NC(=O)C(NC(=O)CCCCCN1C(=O)C=CC1=O)C(C)C. The minimum atomic E-state index is -1.36. The van der Waals surface area contributed by atoms with Crippen LogP contribution in [0.2, 0.25) is 0 Å². The molecule has 0 fully saturated rings. The molecule has 0 saturated heterocycles. The average Bonchev–Trinajstić information content (AvgIpc) is 3.18. The largest absolute Gasteiger partial charge is 0.394 e. The summed E-state index contributed by atoms with van der Waals surface area (Å²) in [7, 11) is 5.15. The molecule has 0 saturated carbocycles. The third-order valence-electron chi connectivity index (χ3n) is 5.90. The normalized spacial score (nSPS) is 15.0. The first kappa shape index (κ1) is 33.3. The summed E-state index contributed by atoms with van der Waals surface area (Å²) >= 11 is 0. The van der Waals surface area contributed by atoms with Crippen molar-refractivity contribution in [1.82, 2.24) is 26.2 Å². The van der Waals surface area contributed by atoms with E-state index in [1.165, 1.54) is 12.2 Å². The van der Waals surface area contributed by atoms with Crippen molar-refractivity contribution in [2.24, 2.45) is 11.7 Å². The van der Waals surface area contributed by atoms with Gasteiger partial charge in [0.05, 0.1) is 18.3 Å². The van der Waals surface area contributed by atoms with Crippen molar-refractivity contribution in [3.8, 4) is 0 Å². The monoisotopic (exact) mass is 548 g/mol. The lowest BCUT2D eigenvalue weighted by Crippen LogP contribution is -2.57. The molecule has 0 bridgehead atoms. The standard InChI is InChI=1S/C24H37BN6O8/c1-14(2)20(30-17(33)8-4-3-5-12-31-18(34)9-10-19(31)35)23(38)28-15(7-6-11-27-24(26)39)22(37)29-16(13-32)21(25)36/h9-10,14-16,20,32H,3-8,11-13H2,1-2H3,(H,28,38)(H,29,37)(H,30,33)(H3,26,27,39)/t15-,16+,20?/m0/s1. The molecular weight excluding hydrogens is 511 g/mol. The van der Waals surface area contributed by atoms with Crippen molar-refractivity contribution in [3.05, 3.63) is 12.2 Å². The van der Waals surface area contributed by atoms with E-state index in [0.29, 0.717) is 19.3 Å². The van der Waals surface area contributed by atoms with E-state index in [2.05, 4.69) is 21.3 Å². The van der Waals surface area contributed by atoms with Gasteiger partial charge >= 0.3 is 6.03 Å². The van der Waals surface area contributed by atoms with Gasteiger partial charge in [-0.05, 0) is 31.6 Å². The van der Waals surface area contributed by atoms with Crippen LogP contribution in [0.5, 0.6) is 0 Å². The summed E-state index contributed by atoms with van der Waals surface area (Å²) in [5.41, 5.74) is 4.06. The number of urea groups is 1. The van der Waals surface area contributed by atoms with E-state index >= 15 is 0 Å². The van der Waals surface area contributed by atoms with E-state index in [9.17, 15) is 38.7 Å². The number of imide groups is 1. The Labute approximate surface area is 228 Å². The summed E-state index contributed by atoms with van der Waals surface area (Å²) in [6, 6.07) is -4.26. The highest BCUT2D eigenvalue weighted by Gasteiger charge is 2.30. The Hall–Kier alpha value is -3.75. The molecule has 1 aliphatic rings. The number of primary amides is 1. The van der Waals surface area contributed by atoms with Crippen molar-refractivity contribution in [3.63, 3.8) is 0 Å². The second kappa shape index (κ2) is 17.0. The van der Waals surface area contributed by atoms with Crippen LogP contribution in [0.1, 0.15) is 52.4 Å². The number of nitrogens with two attached hydrogens (primary N) is 1. The van der Waals surface area contributed by atoms with E-state index in [-0.39, 0.29) is 56.0 Å². The van der Waals surface area contributed by atoms with Gasteiger partial charge in [0.1, 0.15) is 12.1 Å². The fraction of sp³-hybridized carbons (Fsp3) is 0.625. The zero-order valence-electron chi connectivity index (χ0n) is 22.2. The first-order valence-electron chi connectivity index (χ1n) is 12.7. The van der Waals surface area contributed by atoms with Gasteiger partial charge in [-0.1, -0.05) is 20.3 Å². The van der Waals surface area contributed by atoms with Crippen LogP contribution in [0, 0.1) is 5.92 Å². The summed E-state index contributed by atoms with van der Waals surface area (Å²) in [4.78, 5) is 84.8. The van der Waals surface area contributed by atoms with Crippen LogP contribution in [0.4, 0.5) is 4.79 Å². The van der Waals surface area contributed by atoms with E-state index in [1.54, 1.807) is 13.8 Å². The number of carbonyl (C=O) groups is 7. The van der Waals surface area contributed by atoms with Gasteiger partial charge in [-0.2, -0.15) is 0 Å². The van der Waals surface area contributed by atoms with Crippen LogP contribution in [-0.4, -0.2) is 96.9 Å². The topological polar surface area (TPSA) is 217 Å². The van der Waals surface area contributed by atoms with E-state index in [4.69, 9.17) is 13.6 Å². The molecule has 0 spiro atoms. The molecule has 0 aliphatic carbocycles. The molecule has 7 N–H and O–H groups in total. The highest BCUT2D eigenvalue weighted by molar-refractivity contribution is 6.59. The molecule has 1 heterocycles. The number of hydrogen-bond acceptors (Lipinski definition) is 8. The van der Waals surface area contributed by atoms with Gasteiger partial charge in [-0.25, -0.2) is 4.79 Å². The second-order valence-electron chi connectivity index (χ2n) is 9.40. The molecule has 1 unspecified atom stereocenters. The Kier molecular flexibility index (Phi) is 14.5. The fourth-order valence-corrected chi connectivity index (χ4v) is 3.69. The quantitative estimate of drug-likeness (QED) is 0.0621. The van der Waals surface area contributed by atoms with Crippen LogP contribution in [0.3, 0.4) is 0 Å². The molecule has 1 rings (SSSR count). The third kappa shape index (κ3) is 12.1. The summed E-state index contributed by atoms with van der Waals surface area (Å²) in [6.45, 7) is 3.06. The third-order valence-corrected chi connectivity index (χ3v) is 5.90. The Morgan fingerprint density at radius 1 is 0.923 bits per heavy atom. The maximum absolute atomic E-state index is 13.0. The highest BCUT2D eigenvalue weighted by atomic mass is 16.3. The van der Waals surface area contributed by atoms with Crippen molar-refractivity contribution in [2.75, 3.05) is 19.7 Å². The molecule has 1 aliphatic heterocycles. The van der Waals surface area contributed by atoms with Gasteiger partial charge in [-0.3, -0.25) is 28.9 Å². The Bertz CT molecular complexity index is 939. The van der Waals surface area contributed by atoms with E-state index in [1.807, 2.05) is 0 Å². The van der Waals surface area contributed by atoms with Gasteiger partial charge in [0.15, 0.2) is 7.85 Å². The summed E-state index contributed by atoms with van der Waals surface area (Å²) in [6.07, 6.45) is 4.39. The van der Waals surface area contributed by atoms with Crippen LogP contribution in [0.15, 0.2) is 12.2 Å².